The van der Waals surface area contributed by atoms with Gasteiger partial charge in [0.05, 0.1) is 18.7 Å². The van der Waals surface area contributed by atoms with Gasteiger partial charge in [0.2, 0.25) is 0 Å². The third-order valence-corrected chi connectivity index (χ3v) is 3.03. The van der Waals surface area contributed by atoms with Gasteiger partial charge in [0.25, 0.3) is 0 Å². The molecule has 0 unspecified atom stereocenters. The molecule has 0 amide bonds. The Balaban J connectivity index is 0.00000324. The van der Waals surface area contributed by atoms with Crippen LogP contribution in [0, 0.1) is 5.21 Å². The second kappa shape index (κ2) is 7.99. The first-order valence-electron chi connectivity index (χ1n) is 6.10. The van der Waals surface area contributed by atoms with E-state index >= 15 is 0 Å². The Kier molecular flexibility index (Phi) is 7.44. The van der Waals surface area contributed by atoms with Gasteiger partial charge in [-0.05, 0) is 38.1 Å². The zero-order valence-electron chi connectivity index (χ0n) is 11.3. The van der Waals surface area contributed by atoms with E-state index in [1.165, 1.54) is 0 Å². The van der Waals surface area contributed by atoms with E-state index in [-0.39, 0.29) is 30.2 Å². The summed E-state index contributed by atoms with van der Waals surface area (Å²) < 4.78 is 4.73. The number of quaternary nitrogens is 1. The van der Waals surface area contributed by atoms with E-state index < -0.39 is 5.97 Å². The molecule has 0 aliphatic carbocycles. The zero-order chi connectivity index (χ0) is 13.6. The Morgan fingerprint density at radius 2 is 1.79 bits per heavy atom. The van der Waals surface area contributed by atoms with Crippen LogP contribution in [0.1, 0.15) is 24.2 Å². The van der Waals surface area contributed by atoms with E-state index in [1.807, 2.05) is 13.8 Å². The molecular weight excluding hydrogens is 268 g/mol. The van der Waals surface area contributed by atoms with Crippen molar-refractivity contribution in [2.45, 2.75) is 13.8 Å². The van der Waals surface area contributed by atoms with Gasteiger partial charge in [-0.15, -0.1) is 12.4 Å². The average Bonchev–Trinajstić information content (AvgIpc) is 2.39. The normalized spacial score (nSPS) is 10.7. The summed E-state index contributed by atoms with van der Waals surface area (Å²) in [5.74, 6) is -0.422. The summed E-state index contributed by atoms with van der Waals surface area (Å²) >= 11 is 0. The van der Waals surface area contributed by atoms with Crippen molar-refractivity contribution in [1.29, 1.82) is 0 Å². The van der Waals surface area contributed by atoms with Crippen LogP contribution in [-0.2, 0) is 4.74 Å². The van der Waals surface area contributed by atoms with Gasteiger partial charge in [0.1, 0.15) is 13.2 Å². The number of hydroxylamine groups is 3. The number of rotatable bonds is 6. The quantitative estimate of drug-likeness (QED) is 0.377. The summed E-state index contributed by atoms with van der Waals surface area (Å²) in [7, 11) is 0. The van der Waals surface area contributed by atoms with Gasteiger partial charge in [-0.25, -0.2) is 4.79 Å². The van der Waals surface area contributed by atoms with Crippen molar-refractivity contribution in [2.24, 2.45) is 0 Å². The van der Waals surface area contributed by atoms with E-state index in [4.69, 9.17) is 10.5 Å². The summed E-state index contributed by atoms with van der Waals surface area (Å²) in [6.07, 6.45) is 0. The summed E-state index contributed by atoms with van der Waals surface area (Å²) in [4.78, 5) is 11.6. The van der Waals surface area contributed by atoms with Gasteiger partial charge in [0, 0.05) is 5.69 Å². The number of ether oxygens (including phenoxy) is 1. The van der Waals surface area contributed by atoms with Crippen LogP contribution in [0.15, 0.2) is 24.3 Å². The van der Waals surface area contributed by atoms with Gasteiger partial charge in [-0.3, -0.25) is 0 Å². The molecule has 0 radical (unpaired) electrons. The number of nitrogen functional groups attached to an aromatic ring is 1. The van der Waals surface area contributed by atoms with Gasteiger partial charge in [0.15, 0.2) is 0 Å². The lowest BCUT2D eigenvalue weighted by atomic mass is 10.2. The van der Waals surface area contributed by atoms with Crippen LogP contribution in [0.3, 0.4) is 0 Å². The predicted octanol–water partition coefficient (Wildman–Crippen LogP) is 2.20. The molecule has 2 N–H and O–H groups in total. The van der Waals surface area contributed by atoms with Gasteiger partial charge in [-0.1, -0.05) is 0 Å². The molecule has 19 heavy (non-hydrogen) atoms. The van der Waals surface area contributed by atoms with Crippen molar-refractivity contribution in [2.75, 3.05) is 32.0 Å². The molecule has 0 heterocycles. The van der Waals surface area contributed by atoms with Crippen molar-refractivity contribution in [3.05, 3.63) is 35.0 Å². The van der Waals surface area contributed by atoms with Crippen molar-refractivity contribution < 1.29 is 14.2 Å². The third-order valence-electron chi connectivity index (χ3n) is 3.03. The summed E-state index contributed by atoms with van der Waals surface area (Å²) in [5, 5.41) is 11.9. The largest absolute Gasteiger partial charge is 0.633 e. The molecule has 1 rings (SSSR count). The Bertz CT molecular complexity index is 391. The molecule has 0 atom stereocenters. The number of anilines is 1. The Morgan fingerprint density at radius 3 is 2.26 bits per heavy atom. The molecular formula is C13H21ClN2O3. The summed E-state index contributed by atoms with van der Waals surface area (Å²) in [6, 6.07) is 6.50. The molecule has 1 aromatic carbocycles. The van der Waals surface area contributed by atoms with E-state index in [0.717, 1.165) is 0 Å². The fourth-order valence-electron chi connectivity index (χ4n) is 1.55. The third kappa shape index (κ3) is 5.46. The maximum atomic E-state index is 11.9. The molecule has 0 aromatic heterocycles. The van der Waals surface area contributed by atoms with E-state index in [2.05, 4.69) is 0 Å². The second-order valence-corrected chi connectivity index (χ2v) is 4.17. The van der Waals surface area contributed by atoms with Crippen molar-refractivity contribution in [3.8, 4) is 0 Å². The van der Waals surface area contributed by atoms with Crippen molar-refractivity contribution in [1.82, 2.24) is 0 Å². The lowest BCUT2D eigenvalue weighted by molar-refractivity contribution is -0.877. The van der Waals surface area contributed by atoms with Crippen LogP contribution in [0.2, 0.25) is 0 Å². The number of carbonyl (C=O) groups excluding carboxylic acids is 1. The van der Waals surface area contributed by atoms with Gasteiger partial charge < -0.3 is 20.3 Å². The van der Waals surface area contributed by atoms with Crippen molar-refractivity contribution in [3.63, 3.8) is 0 Å². The second-order valence-electron chi connectivity index (χ2n) is 4.17. The fraction of sp³-hybridized carbons (Fsp3) is 0.462. The highest BCUT2D eigenvalue weighted by molar-refractivity contribution is 5.89. The molecule has 0 fully saturated rings. The number of carbonyl (C=O) groups is 1. The van der Waals surface area contributed by atoms with Crippen LogP contribution >= 0.6 is 12.4 Å². The minimum atomic E-state index is -0.422. The molecule has 0 aliphatic heterocycles. The Hall–Kier alpha value is -1.30. The molecule has 0 aliphatic rings. The first-order valence-corrected chi connectivity index (χ1v) is 6.10. The summed E-state index contributed by atoms with van der Waals surface area (Å²) in [5.41, 5.74) is 6.57. The standard InChI is InChI=1S/C13H20N2O3.ClH/c1-3-15(17,4-2)9-10-18-13(16)11-5-7-12(14)8-6-11;/h5-8H,3-4,9-10,14H2,1-2H3;1H. The highest BCUT2D eigenvalue weighted by Gasteiger charge is 2.13. The van der Waals surface area contributed by atoms with Crippen LogP contribution in [0.25, 0.3) is 0 Å². The highest BCUT2D eigenvalue weighted by atomic mass is 35.5. The minimum absolute atomic E-state index is 0. The van der Waals surface area contributed by atoms with Gasteiger partial charge >= 0.3 is 5.97 Å². The monoisotopic (exact) mass is 288 g/mol. The predicted molar refractivity (Wildman–Crippen MR) is 78.0 cm³/mol. The zero-order valence-corrected chi connectivity index (χ0v) is 12.1. The molecule has 108 valence electrons. The molecule has 0 saturated heterocycles. The molecule has 0 spiro atoms. The van der Waals surface area contributed by atoms with E-state index in [9.17, 15) is 10.0 Å². The topological polar surface area (TPSA) is 75.4 Å². The Labute approximate surface area is 119 Å². The molecule has 6 heteroatoms. The van der Waals surface area contributed by atoms with Crippen LogP contribution in [0.4, 0.5) is 5.69 Å². The van der Waals surface area contributed by atoms with E-state index in [1.54, 1.807) is 24.3 Å². The minimum Gasteiger partial charge on any atom is -0.633 e. The Morgan fingerprint density at radius 1 is 1.26 bits per heavy atom. The number of nitrogens with two attached hydrogens (primary N) is 1. The smallest absolute Gasteiger partial charge is 0.338 e. The van der Waals surface area contributed by atoms with Gasteiger partial charge in [-0.2, -0.15) is 0 Å². The maximum Gasteiger partial charge on any atom is 0.338 e. The summed E-state index contributed by atoms with van der Waals surface area (Å²) in [6.45, 7) is 5.05. The fourth-order valence-corrected chi connectivity index (χ4v) is 1.55. The number of esters is 1. The number of hydrogen-bond donors (Lipinski definition) is 1. The van der Waals surface area contributed by atoms with Crippen LogP contribution < -0.4 is 5.73 Å². The van der Waals surface area contributed by atoms with Crippen LogP contribution in [-0.4, -0.2) is 36.9 Å². The number of halogens is 1. The first-order chi connectivity index (χ1) is 8.50. The number of hydrogen-bond acceptors (Lipinski definition) is 4. The molecule has 5 nitrogen and oxygen atoms in total. The molecule has 0 saturated carbocycles. The average molecular weight is 289 g/mol. The lowest BCUT2D eigenvalue weighted by Gasteiger charge is -2.40. The number of nitrogens with zero attached hydrogens (tertiary/aromatic N) is 1. The first kappa shape index (κ1) is 17.7. The molecule has 1 aromatic rings. The number of benzene rings is 1. The SMILES string of the molecule is CC[N+]([O-])(CC)CCOC(=O)c1ccc(N)cc1.Cl. The molecule has 0 bridgehead atoms. The van der Waals surface area contributed by atoms with Crippen molar-refractivity contribution >= 4 is 24.1 Å². The highest BCUT2D eigenvalue weighted by Crippen LogP contribution is 2.08. The van der Waals surface area contributed by atoms with E-state index in [0.29, 0.717) is 24.3 Å². The lowest BCUT2D eigenvalue weighted by Crippen LogP contribution is -2.44. The number of likely N-dealkylation sites (N-methyl/N-ethyl adjacent to an activating group) is 1. The maximum absolute atomic E-state index is 11.9. The van der Waals surface area contributed by atoms with Crippen LogP contribution in [0.5, 0.6) is 0 Å².